The number of amides is 1. The predicted molar refractivity (Wildman–Crippen MR) is 57.4 cm³/mol. The zero-order valence-electron chi connectivity index (χ0n) is 8.20. The van der Waals surface area contributed by atoms with E-state index in [1.807, 2.05) is 0 Å². The summed E-state index contributed by atoms with van der Waals surface area (Å²) in [5.41, 5.74) is 6.68. The number of rotatable bonds is 2. The van der Waals surface area contributed by atoms with Crippen LogP contribution in [0.1, 0.15) is 10.5 Å². The van der Waals surface area contributed by atoms with Crippen LogP contribution in [0.4, 0.5) is 15.8 Å². The molecule has 2 aromatic rings. The molecule has 0 aliphatic carbocycles. The maximum Gasteiger partial charge on any atom is 0.272 e. The molecule has 1 amide bonds. The largest absolute Gasteiger partial charge is 0.397 e. The topological polar surface area (TPSA) is 83.8 Å². The van der Waals surface area contributed by atoms with E-state index in [1.54, 1.807) is 0 Å². The van der Waals surface area contributed by atoms with Crippen LogP contribution in [-0.2, 0) is 0 Å². The molecule has 6 heteroatoms. The van der Waals surface area contributed by atoms with Crippen molar-refractivity contribution in [2.75, 3.05) is 11.1 Å². The van der Waals surface area contributed by atoms with Crippen molar-refractivity contribution in [1.29, 1.82) is 0 Å². The fraction of sp³-hybridized carbons (Fsp3) is 0. The summed E-state index contributed by atoms with van der Waals surface area (Å²) in [5.74, 6) is -0.952. The summed E-state index contributed by atoms with van der Waals surface area (Å²) in [4.78, 5) is 17.7. The Morgan fingerprint density at radius 3 is 2.88 bits per heavy atom. The minimum Gasteiger partial charge on any atom is -0.397 e. The highest BCUT2D eigenvalue weighted by Crippen LogP contribution is 2.09. The first-order valence-corrected chi connectivity index (χ1v) is 4.52. The summed E-state index contributed by atoms with van der Waals surface area (Å²) in [6.07, 6.45) is 2.75. The number of hydrogen-bond acceptors (Lipinski definition) is 3. The number of nitrogen functional groups attached to an aromatic ring is 1. The minimum atomic E-state index is -0.595. The van der Waals surface area contributed by atoms with Crippen LogP contribution in [0.3, 0.4) is 0 Å². The first kappa shape index (κ1) is 10.2. The van der Waals surface area contributed by atoms with E-state index in [2.05, 4.69) is 15.3 Å². The number of nitrogens with zero attached hydrogens (tertiary/aromatic N) is 1. The van der Waals surface area contributed by atoms with Gasteiger partial charge in [0.2, 0.25) is 5.95 Å². The Balaban J connectivity index is 2.10. The van der Waals surface area contributed by atoms with Gasteiger partial charge in [-0.1, -0.05) is 0 Å². The van der Waals surface area contributed by atoms with Gasteiger partial charge in [-0.15, -0.1) is 0 Å². The van der Waals surface area contributed by atoms with Gasteiger partial charge < -0.3 is 16.0 Å². The van der Waals surface area contributed by atoms with Crippen LogP contribution >= 0.6 is 0 Å². The lowest BCUT2D eigenvalue weighted by Crippen LogP contribution is -2.12. The van der Waals surface area contributed by atoms with Crippen molar-refractivity contribution in [2.24, 2.45) is 0 Å². The highest BCUT2D eigenvalue weighted by atomic mass is 19.1. The Kier molecular flexibility index (Phi) is 2.55. The van der Waals surface area contributed by atoms with Crippen LogP contribution in [0.5, 0.6) is 0 Å². The maximum absolute atomic E-state index is 12.5. The van der Waals surface area contributed by atoms with E-state index in [9.17, 15) is 9.18 Å². The molecule has 0 atom stereocenters. The highest BCUT2D eigenvalue weighted by molar-refractivity contribution is 6.03. The number of halogens is 1. The van der Waals surface area contributed by atoms with Crippen molar-refractivity contribution >= 4 is 17.3 Å². The molecule has 0 spiro atoms. The van der Waals surface area contributed by atoms with Crippen LogP contribution < -0.4 is 11.1 Å². The molecule has 4 N–H and O–H groups in total. The first-order valence-electron chi connectivity index (χ1n) is 4.52. The lowest BCUT2D eigenvalue weighted by molar-refractivity contribution is 0.102. The third-order valence-corrected chi connectivity index (χ3v) is 1.94. The van der Waals surface area contributed by atoms with E-state index >= 15 is 0 Å². The Morgan fingerprint density at radius 2 is 2.31 bits per heavy atom. The first-order chi connectivity index (χ1) is 7.65. The van der Waals surface area contributed by atoms with Gasteiger partial charge in [-0.2, -0.15) is 4.39 Å². The number of hydrogen-bond donors (Lipinski definition) is 3. The number of nitrogens with one attached hydrogen (secondary N) is 2. The molecule has 0 radical (unpaired) electrons. The van der Waals surface area contributed by atoms with Crippen LogP contribution in [0.15, 0.2) is 30.6 Å². The predicted octanol–water partition coefficient (Wildman–Crippen LogP) is 1.38. The van der Waals surface area contributed by atoms with Gasteiger partial charge in [0.15, 0.2) is 0 Å². The summed E-state index contributed by atoms with van der Waals surface area (Å²) in [6.45, 7) is 0. The molecule has 5 nitrogen and oxygen atoms in total. The number of aromatic nitrogens is 2. The molecular weight excluding hydrogens is 211 g/mol. The molecule has 0 saturated carbocycles. The number of carbonyl (C=O) groups excluding carboxylic acids is 1. The van der Waals surface area contributed by atoms with Crippen LogP contribution in [0, 0.1) is 5.95 Å². The van der Waals surface area contributed by atoms with Gasteiger partial charge in [0.05, 0.1) is 11.9 Å². The zero-order valence-corrected chi connectivity index (χ0v) is 8.20. The van der Waals surface area contributed by atoms with E-state index in [0.717, 1.165) is 0 Å². The number of carbonyl (C=O) groups is 1. The average Bonchev–Trinajstić information content (AvgIpc) is 2.68. The summed E-state index contributed by atoms with van der Waals surface area (Å²) in [7, 11) is 0. The van der Waals surface area contributed by atoms with Crippen molar-refractivity contribution in [3.05, 3.63) is 42.2 Å². The fourth-order valence-corrected chi connectivity index (χ4v) is 1.19. The third-order valence-electron chi connectivity index (χ3n) is 1.94. The van der Waals surface area contributed by atoms with E-state index in [-0.39, 0.29) is 5.91 Å². The van der Waals surface area contributed by atoms with Crippen LogP contribution in [0.2, 0.25) is 0 Å². The Hall–Kier alpha value is -2.37. The van der Waals surface area contributed by atoms with Crippen molar-refractivity contribution in [1.82, 2.24) is 9.97 Å². The molecule has 0 fully saturated rings. The van der Waals surface area contributed by atoms with E-state index in [0.29, 0.717) is 17.1 Å². The maximum atomic E-state index is 12.5. The van der Waals surface area contributed by atoms with Crippen LogP contribution in [-0.4, -0.2) is 15.9 Å². The Labute approximate surface area is 90.5 Å². The second kappa shape index (κ2) is 4.01. The monoisotopic (exact) mass is 220 g/mol. The van der Waals surface area contributed by atoms with Gasteiger partial charge in [-0.05, 0) is 18.2 Å². The van der Waals surface area contributed by atoms with Crippen molar-refractivity contribution in [3.8, 4) is 0 Å². The molecule has 0 aromatic carbocycles. The standard InChI is InChI=1S/C10H9FN4O/c11-9-2-1-7(5-14-9)15-10(16)8-3-6(12)4-13-8/h1-5,13H,12H2,(H,15,16). The SMILES string of the molecule is Nc1c[nH]c(C(=O)Nc2ccc(F)nc2)c1. The molecule has 0 saturated heterocycles. The summed E-state index contributed by atoms with van der Waals surface area (Å²) in [6, 6.07) is 4.09. The summed E-state index contributed by atoms with van der Waals surface area (Å²) >= 11 is 0. The lowest BCUT2D eigenvalue weighted by Gasteiger charge is -2.02. The number of H-pyrrole nitrogens is 1. The lowest BCUT2D eigenvalue weighted by atomic mass is 10.3. The quantitative estimate of drug-likeness (QED) is 0.668. The number of nitrogens with two attached hydrogens (primary N) is 1. The highest BCUT2D eigenvalue weighted by Gasteiger charge is 2.07. The van der Waals surface area contributed by atoms with E-state index in [1.165, 1.54) is 30.6 Å². The minimum absolute atomic E-state index is 0.335. The summed E-state index contributed by atoms with van der Waals surface area (Å²) < 4.78 is 12.5. The molecular formula is C10H9FN4O. The van der Waals surface area contributed by atoms with E-state index in [4.69, 9.17) is 5.73 Å². The molecule has 2 heterocycles. The summed E-state index contributed by atoms with van der Waals surface area (Å²) in [5, 5.41) is 2.54. The molecule has 2 aromatic heterocycles. The fourth-order valence-electron chi connectivity index (χ4n) is 1.19. The Morgan fingerprint density at radius 1 is 1.50 bits per heavy atom. The molecule has 0 bridgehead atoms. The van der Waals surface area contributed by atoms with Gasteiger partial charge in [-0.25, -0.2) is 4.98 Å². The van der Waals surface area contributed by atoms with E-state index < -0.39 is 5.95 Å². The molecule has 0 unspecified atom stereocenters. The van der Waals surface area contributed by atoms with Crippen molar-refractivity contribution < 1.29 is 9.18 Å². The molecule has 16 heavy (non-hydrogen) atoms. The second-order valence-corrected chi connectivity index (χ2v) is 3.17. The second-order valence-electron chi connectivity index (χ2n) is 3.17. The number of anilines is 2. The normalized spacial score (nSPS) is 10.1. The average molecular weight is 220 g/mol. The number of pyridine rings is 1. The molecule has 2 rings (SSSR count). The van der Waals surface area contributed by atoms with Crippen molar-refractivity contribution in [3.63, 3.8) is 0 Å². The van der Waals surface area contributed by atoms with Gasteiger partial charge in [-0.3, -0.25) is 4.79 Å². The van der Waals surface area contributed by atoms with Gasteiger partial charge in [0.1, 0.15) is 5.69 Å². The molecule has 0 aliphatic rings. The smallest absolute Gasteiger partial charge is 0.272 e. The van der Waals surface area contributed by atoms with Crippen molar-refractivity contribution in [2.45, 2.75) is 0 Å². The van der Waals surface area contributed by atoms with Crippen LogP contribution in [0.25, 0.3) is 0 Å². The zero-order chi connectivity index (χ0) is 11.5. The molecule has 0 aliphatic heterocycles. The third kappa shape index (κ3) is 2.17. The van der Waals surface area contributed by atoms with Gasteiger partial charge in [0, 0.05) is 11.9 Å². The van der Waals surface area contributed by atoms with Gasteiger partial charge in [0.25, 0.3) is 5.91 Å². The van der Waals surface area contributed by atoms with Gasteiger partial charge >= 0.3 is 0 Å². The Bertz CT molecular complexity index is 506. The molecule has 82 valence electrons. The number of aromatic amines is 1.